The van der Waals surface area contributed by atoms with Crippen LogP contribution >= 0.6 is 24.0 Å². The molecular weight excluding hydrogens is 431 g/mol. The third-order valence-corrected chi connectivity index (χ3v) is 4.36. The Hall–Kier alpha value is -1.32. The molecule has 0 bridgehead atoms. The number of aliphatic imine (C=N–C) groups is 1. The summed E-state index contributed by atoms with van der Waals surface area (Å²) in [6, 6.07) is 1.96. The highest BCUT2D eigenvalue weighted by Crippen LogP contribution is 2.23. The molecule has 142 valence electrons. The van der Waals surface area contributed by atoms with Gasteiger partial charge in [0.1, 0.15) is 0 Å². The van der Waals surface area contributed by atoms with Crippen molar-refractivity contribution in [2.24, 2.45) is 18.0 Å². The Morgan fingerprint density at radius 1 is 1.24 bits per heavy atom. The van der Waals surface area contributed by atoms with Gasteiger partial charge in [-0.3, -0.25) is 9.48 Å². The number of rotatable bonds is 7. The molecule has 0 aromatic carbocycles. The summed E-state index contributed by atoms with van der Waals surface area (Å²) in [5.41, 5.74) is 1.05. The van der Waals surface area contributed by atoms with E-state index in [1.165, 1.54) is 19.3 Å². The summed E-state index contributed by atoms with van der Waals surface area (Å²) in [4.78, 5) is 16.6. The van der Waals surface area contributed by atoms with Gasteiger partial charge in [-0.05, 0) is 25.8 Å². The van der Waals surface area contributed by atoms with Crippen LogP contribution in [0.3, 0.4) is 0 Å². The fourth-order valence-corrected chi connectivity index (χ4v) is 2.93. The van der Waals surface area contributed by atoms with E-state index in [9.17, 15) is 4.79 Å². The molecule has 0 atom stereocenters. The maximum absolute atomic E-state index is 12.1. The number of guanidine groups is 1. The van der Waals surface area contributed by atoms with Gasteiger partial charge in [-0.1, -0.05) is 19.3 Å². The Morgan fingerprint density at radius 2 is 1.96 bits per heavy atom. The van der Waals surface area contributed by atoms with Crippen molar-refractivity contribution in [2.75, 3.05) is 19.6 Å². The van der Waals surface area contributed by atoms with Crippen LogP contribution in [0.25, 0.3) is 0 Å². The van der Waals surface area contributed by atoms with Crippen LogP contribution in [0.15, 0.2) is 17.3 Å². The summed E-state index contributed by atoms with van der Waals surface area (Å²) in [5.74, 6) is 1.17. The number of hydrogen-bond donors (Lipinski definition) is 3. The average Bonchev–Trinajstić information content (AvgIpc) is 3.02. The van der Waals surface area contributed by atoms with E-state index >= 15 is 0 Å². The van der Waals surface area contributed by atoms with Gasteiger partial charge in [0.05, 0.1) is 12.2 Å². The third kappa shape index (κ3) is 7.62. The summed E-state index contributed by atoms with van der Waals surface area (Å²) >= 11 is 0. The van der Waals surface area contributed by atoms with Crippen molar-refractivity contribution in [3.63, 3.8) is 0 Å². The van der Waals surface area contributed by atoms with Crippen LogP contribution < -0.4 is 16.0 Å². The Kier molecular flexibility index (Phi) is 10.5. The van der Waals surface area contributed by atoms with Crippen molar-refractivity contribution in [3.8, 4) is 0 Å². The van der Waals surface area contributed by atoms with Gasteiger partial charge in [0.15, 0.2) is 5.96 Å². The maximum Gasteiger partial charge on any atom is 0.223 e. The second-order valence-corrected chi connectivity index (χ2v) is 6.19. The normalized spacial score (nSPS) is 15.4. The van der Waals surface area contributed by atoms with Crippen LogP contribution in [0.1, 0.15) is 44.7 Å². The van der Waals surface area contributed by atoms with E-state index in [2.05, 4.69) is 26.0 Å². The Balaban J connectivity index is 0.00000312. The molecule has 1 fully saturated rings. The van der Waals surface area contributed by atoms with Crippen LogP contribution in [0.4, 0.5) is 0 Å². The van der Waals surface area contributed by atoms with Crippen LogP contribution in [0.5, 0.6) is 0 Å². The first-order valence-corrected chi connectivity index (χ1v) is 8.97. The van der Waals surface area contributed by atoms with Crippen LogP contribution in [-0.4, -0.2) is 41.3 Å². The number of carbonyl (C=O) groups excluding carboxylic acids is 1. The van der Waals surface area contributed by atoms with Crippen molar-refractivity contribution in [2.45, 2.75) is 45.6 Å². The monoisotopic (exact) mass is 462 g/mol. The van der Waals surface area contributed by atoms with Gasteiger partial charge in [0, 0.05) is 38.8 Å². The zero-order valence-electron chi connectivity index (χ0n) is 15.3. The highest BCUT2D eigenvalue weighted by atomic mass is 127. The van der Waals surface area contributed by atoms with Crippen LogP contribution in [0.2, 0.25) is 0 Å². The smallest absolute Gasteiger partial charge is 0.223 e. The lowest BCUT2D eigenvalue weighted by Crippen LogP contribution is -2.42. The number of nitrogens with one attached hydrogen (secondary N) is 3. The van der Waals surface area contributed by atoms with Gasteiger partial charge in [0.2, 0.25) is 5.91 Å². The minimum Gasteiger partial charge on any atom is -0.357 e. The van der Waals surface area contributed by atoms with E-state index in [4.69, 9.17) is 0 Å². The zero-order valence-corrected chi connectivity index (χ0v) is 17.6. The SMILES string of the molecule is CCNC(=NCc1ccnn1C)NCCNC(=O)C1CCCCC1.I. The first-order chi connectivity index (χ1) is 11.7. The number of hydrogen-bond acceptors (Lipinski definition) is 3. The summed E-state index contributed by atoms with van der Waals surface area (Å²) in [7, 11) is 1.91. The summed E-state index contributed by atoms with van der Waals surface area (Å²) < 4.78 is 1.82. The zero-order chi connectivity index (χ0) is 17.2. The predicted molar refractivity (Wildman–Crippen MR) is 111 cm³/mol. The van der Waals surface area contributed by atoms with Crippen molar-refractivity contribution in [1.29, 1.82) is 0 Å². The number of carbonyl (C=O) groups is 1. The van der Waals surface area contributed by atoms with E-state index < -0.39 is 0 Å². The van der Waals surface area contributed by atoms with Gasteiger partial charge in [0.25, 0.3) is 0 Å². The molecule has 1 aliphatic carbocycles. The fourth-order valence-electron chi connectivity index (χ4n) is 2.93. The molecule has 2 rings (SSSR count). The van der Waals surface area contributed by atoms with Gasteiger partial charge < -0.3 is 16.0 Å². The van der Waals surface area contributed by atoms with Gasteiger partial charge >= 0.3 is 0 Å². The second kappa shape index (κ2) is 12.1. The second-order valence-electron chi connectivity index (χ2n) is 6.19. The van der Waals surface area contributed by atoms with Crippen molar-refractivity contribution < 1.29 is 4.79 Å². The summed E-state index contributed by atoms with van der Waals surface area (Å²) in [6.45, 7) is 4.68. The molecule has 8 heteroatoms. The molecule has 7 nitrogen and oxygen atoms in total. The molecule has 1 amide bonds. The molecule has 1 aromatic heterocycles. The number of nitrogens with zero attached hydrogens (tertiary/aromatic N) is 3. The lowest BCUT2D eigenvalue weighted by atomic mass is 9.89. The predicted octanol–water partition coefficient (Wildman–Crippen LogP) is 1.79. The molecule has 0 radical (unpaired) electrons. The molecule has 0 aliphatic heterocycles. The van der Waals surface area contributed by atoms with E-state index in [0.29, 0.717) is 19.6 Å². The summed E-state index contributed by atoms with van der Waals surface area (Å²) in [6.07, 6.45) is 7.47. The Bertz CT molecular complexity index is 539. The van der Waals surface area contributed by atoms with E-state index in [1.54, 1.807) is 6.20 Å². The topological polar surface area (TPSA) is 83.3 Å². The lowest BCUT2D eigenvalue weighted by molar-refractivity contribution is -0.125. The average molecular weight is 462 g/mol. The van der Waals surface area contributed by atoms with E-state index in [1.807, 2.05) is 24.7 Å². The van der Waals surface area contributed by atoms with Crippen molar-refractivity contribution >= 4 is 35.8 Å². The van der Waals surface area contributed by atoms with Gasteiger partial charge in [-0.15, -0.1) is 24.0 Å². The molecule has 25 heavy (non-hydrogen) atoms. The highest BCUT2D eigenvalue weighted by molar-refractivity contribution is 14.0. The summed E-state index contributed by atoms with van der Waals surface area (Å²) in [5, 5.41) is 13.6. The van der Waals surface area contributed by atoms with E-state index in [-0.39, 0.29) is 35.8 Å². The van der Waals surface area contributed by atoms with Gasteiger partial charge in [-0.25, -0.2) is 4.99 Å². The van der Waals surface area contributed by atoms with Crippen LogP contribution in [-0.2, 0) is 18.4 Å². The molecule has 1 saturated carbocycles. The fraction of sp³-hybridized carbons (Fsp3) is 0.706. The standard InChI is InChI=1S/C17H30N6O.HI/c1-3-18-17(21-13-15-9-10-22-23(15)2)20-12-11-19-16(24)14-7-5-4-6-8-14;/h9-10,14H,3-8,11-13H2,1-2H3,(H,19,24)(H2,18,20,21);1H. The number of aromatic nitrogens is 2. The number of halogens is 1. The minimum absolute atomic E-state index is 0. The molecule has 0 spiro atoms. The molecule has 1 heterocycles. The molecule has 1 aromatic rings. The largest absolute Gasteiger partial charge is 0.357 e. The molecule has 0 saturated heterocycles. The third-order valence-electron chi connectivity index (χ3n) is 4.36. The number of amides is 1. The van der Waals surface area contributed by atoms with E-state index in [0.717, 1.165) is 31.0 Å². The van der Waals surface area contributed by atoms with Crippen molar-refractivity contribution in [1.82, 2.24) is 25.7 Å². The van der Waals surface area contributed by atoms with Gasteiger partial charge in [-0.2, -0.15) is 5.10 Å². The maximum atomic E-state index is 12.1. The minimum atomic E-state index is 0. The Labute approximate surface area is 167 Å². The quantitative estimate of drug-likeness (QED) is 0.250. The molecule has 1 aliphatic rings. The molecule has 0 unspecified atom stereocenters. The lowest BCUT2D eigenvalue weighted by Gasteiger charge is -2.21. The first-order valence-electron chi connectivity index (χ1n) is 8.97. The van der Waals surface area contributed by atoms with Crippen molar-refractivity contribution in [3.05, 3.63) is 18.0 Å². The Morgan fingerprint density at radius 3 is 2.60 bits per heavy atom. The first kappa shape index (κ1) is 21.7. The van der Waals surface area contributed by atoms with Crippen LogP contribution in [0, 0.1) is 5.92 Å². The highest BCUT2D eigenvalue weighted by Gasteiger charge is 2.20. The molecular formula is C17H31IN6O. The number of aryl methyl sites for hydroxylation is 1. The molecule has 3 N–H and O–H groups in total.